The summed E-state index contributed by atoms with van der Waals surface area (Å²) in [4.78, 5) is 2.62. The Hall–Kier alpha value is -0.0800. The van der Waals surface area contributed by atoms with Crippen molar-refractivity contribution in [2.75, 3.05) is 26.2 Å². The molecule has 0 spiro atoms. The summed E-state index contributed by atoms with van der Waals surface area (Å²) >= 11 is 0. The predicted molar refractivity (Wildman–Crippen MR) is 78.8 cm³/mol. The standard InChI is InChI=1S/C16H32N2/c1-4-18-9-5-6-16(12-18)14(3)17-11-15-8-7-13(2)10-15/h13-17H,4-12H2,1-3H3. The van der Waals surface area contributed by atoms with Gasteiger partial charge < -0.3 is 10.2 Å². The molecule has 2 fully saturated rings. The molecule has 4 unspecified atom stereocenters. The van der Waals surface area contributed by atoms with Crippen molar-refractivity contribution in [3.05, 3.63) is 0 Å². The molecule has 0 radical (unpaired) electrons. The largest absolute Gasteiger partial charge is 0.314 e. The Kier molecular flexibility index (Phi) is 5.50. The highest BCUT2D eigenvalue weighted by Gasteiger charge is 2.25. The van der Waals surface area contributed by atoms with Gasteiger partial charge in [0.05, 0.1) is 0 Å². The van der Waals surface area contributed by atoms with Crippen molar-refractivity contribution in [2.24, 2.45) is 17.8 Å². The molecule has 1 aliphatic heterocycles. The quantitative estimate of drug-likeness (QED) is 0.809. The summed E-state index contributed by atoms with van der Waals surface area (Å²) in [6, 6.07) is 0.704. The van der Waals surface area contributed by atoms with Crippen LogP contribution in [0.4, 0.5) is 0 Å². The molecule has 106 valence electrons. The van der Waals surface area contributed by atoms with Gasteiger partial charge in [-0.15, -0.1) is 0 Å². The normalized spacial score (nSPS) is 35.8. The zero-order valence-electron chi connectivity index (χ0n) is 12.6. The SMILES string of the molecule is CCN1CCCC(C(C)NCC2CCC(C)C2)C1. The van der Waals surface area contributed by atoms with Gasteiger partial charge in [0, 0.05) is 12.6 Å². The molecule has 0 amide bonds. The number of likely N-dealkylation sites (tertiary alicyclic amines) is 1. The van der Waals surface area contributed by atoms with E-state index in [0.29, 0.717) is 6.04 Å². The van der Waals surface area contributed by atoms with Crippen molar-refractivity contribution in [3.63, 3.8) is 0 Å². The number of hydrogen-bond acceptors (Lipinski definition) is 2. The van der Waals surface area contributed by atoms with Gasteiger partial charge >= 0.3 is 0 Å². The fraction of sp³-hybridized carbons (Fsp3) is 1.00. The van der Waals surface area contributed by atoms with E-state index in [1.807, 2.05) is 0 Å². The highest BCUT2D eigenvalue weighted by atomic mass is 15.1. The van der Waals surface area contributed by atoms with E-state index in [1.54, 1.807) is 0 Å². The lowest BCUT2D eigenvalue weighted by molar-refractivity contribution is 0.155. The Bertz CT molecular complexity index is 241. The Labute approximate surface area is 114 Å². The molecule has 2 rings (SSSR count). The molecular weight excluding hydrogens is 220 g/mol. The maximum Gasteiger partial charge on any atom is 0.00793 e. The van der Waals surface area contributed by atoms with Crippen molar-refractivity contribution >= 4 is 0 Å². The molecule has 2 aliphatic rings. The maximum atomic E-state index is 3.83. The van der Waals surface area contributed by atoms with Gasteiger partial charge in [0.15, 0.2) is 0 Å². The molecule has 1 aliphatic carbocycles. The van der Waals surface area contributed by atoms with Crippen LogP contribution in [0.15, 0.2) is 0 Å². The number of rotatable bonds is 5. The first kappa shape index (κ1) is 14.3. The second kappa shape index (κ2) is 6.91. The summed E-state index contributed by atoms with van der Waals surface area (Å²) in [5, 5.41) is 3.83. The van der Waals surface area contributed by atoms with Gasteiger partial charge in [-0.3, -0.25) is 0 Å². The van der Waals surface area contributed by atoms with Crippen LogP contribution in [0.3, 0.4) is 0 Å². The fourth-order valence-corrected chi connectivity index (χ4v) is 3.82. The number of hydrogen-bond donors (Lipinski definition) is 1. The summed E-state index contributed by atoms with van der Waals surface area (Å²) < 4.78 is 0. The molecule has 2 heteroatoms. The molecule has 0 aromatic carbocycles. The van der Waals surface area contributed by atoms with Crippen LogP contribution >= 0.6 is 0 Å². The van der Waals surface area contributed by atoms with Gasteiger partial charge in [0.25, 0.3) is 0 Å². The van der Waals surface area contributed by atoms with Gasteiger partial charge in [-0.2, -0.15) is 0 Å². The minimum atomic E-state index is 0.704. The van der Waals surface area contributed by atoms with Crippen molar-refractivity contribution in [1.29, 1.82) is 0 Å². The van der Waals surface area contributed by atoms with E-state index < -0.39 is 0 Å². The third-order valence-electron chi connectivity index (χ3n) is 5.23. The third kappa shape index (κ3) is 3.96. The molecule has 4 atom stereocenters. The lowest BCUT2D eigenvalue weighted by Crippen LogP contribution is -2.45. The molecule has 0 bridgehead atoms. The molecule has 18 heavy (non-hydrogen) atoms. The molecular formula is C16H32N2. The lowest BCUT2D eigenvalue weighted by atomic mass is 9.91. The molecule has 0 aromatic rings. The Balaban J connectivity index is 1.69. The van der Waals surface area contributed by atoms with Gasteiger partial charge in [0.1, 0.15) is 0 Å². The summed E-state index contributed by atoms with van der Waals surface area (Å²) in [6.45, 7) is 12.2. The molecule has 1 heterocycles. The van der Waals surface area contributed by atoms with E-state index in [0.717, 1.165) is 17.8 Å². The average molecular weight is 252 g/mol. The first-order valence-electron chi connectivity index (χ1n) is 8.14. The number of nitrogens with zero attached hydrogens (tertiary/aromatic N) is 1. The van der Waals surface area contributed by atoms with Gasteiger partial charge in [-0.1, -0.05) is 20.3 Å². The smallest absolute Gasteiger partial charge is 0.00793 e. The molecule has 1 N–H and O–H groups in total. The van der Waals surface area contributed by atoms with Crippen LogP contribution in [0.2, 0.25) is 0 Å². The highest BCUT2D eigenvalue weighted by molar-refractivity contribution is 4.82. The van der Waals surface area contributed by atoms with E-state index in [-0.39, 0.29) is 0 Å². The van der Waals surface area contributed by atoms with Crippen molar-refractivity contribution in [3.8, 4) is 0 Å². The van der Waals surface area contributed by atoms with E-state index in [9.17, 15) is 0 Å². The topological polar surface area (TPSA) is 15.3 Å². The third-order valence-corrected chi connectivity index (χ3v) is 5.23. The van der Waals surface area contributed by atoms with Gasteiger partial charge in [-0.05, 0) is 70.0 Å². The summed E-state index contributed by atoms with van der Waals surface area (Å²) in [5.74, 6) is 2.79. The summed E-state index contributed by atoms with van der Waals surface area (Å²) in [7, 11) is 0. The van der Waals surface area contributed by atoms with Crippen LogP contribution in [-0.2, 0) is 0 Å². The predicted octanol–water partition coefficient (Wildman–Crippen LogP) is 3.13. The number of nitrogens with one attached hydrogen (secondary N) is 1. The first-order chi connectivity index (χ1) is 8.69. The Morgan fingerprint density at radius 2 is 2.11 bits per heavy atom. The minimum absolute atomic E-state index is 0.704. The second-order valence-corrected chi connectivity index (χ2v) is 6.78. The molecule has 0 aromatic heterocycles. The monoisotopic (exact) mass is 252 g/mol. The fourth-order valence-electron chi connectivity index (χ4n) is 3.82. The van der Waals surface area contributed by atoms with Gasteiger partial charge in [-0.25, -0.2) is 0 Å². The zero-order valence-corrected chi connectivity index (χ0v) is 12.6. The highest BCUT2D eigenvalue weighted by Crippen LogP contribution is 2.30. The van der Waals surface area contributed by atoms with Crippen LogP contribution in [0.5, 0.6) is 0 Å². The van der Waals surface area contributed by atoms with Crippen molar-refractivity contribution in [2.45, 2.75) is 58.9 Å². The zero-order chi connectivity index (χ0) is 13.0. The molecule has 1 saturated heterocycles. The average Bonchev–Trinajstić information content (AvgIpc) is 2.82. The van der Waals surface area contributed by atoms with E-state index >= 15 is 0 Å². The summed E-state index contributed by atoms with van der Waals surface area (Å²) in [6.07, 6.45) is 7.17. The van der Waals surface area contributed by atoms with E-state index in [1.165, 1.54) is 58.3 Å². The first-order valence-corrected chi connectivity index (χ1v) is 8.14. The Morgan fingerprint density at radius 3 is 2.78 bits per heavy atom. The van der Waals surface area contributed by atoms with Crippen LogP contribution in [-0.4, -0.2) is 37.1 Å². The van der Waals surface area contributed by atoms with Crippen LogP contribution in [0.1, 0.15) is 52.9 Å². The lowest BCUT2D eigenvalue weighted by Gasteiger charge is -2.36. The van der Waals surface area contributed by atoms with Crippen LogP contribution in [0.25, 0.3) is 0 Å². The summed E-state index contributed by atoms with van der Waals surface area (Å²) in [5.41, 5.74) is 0. The van der Waals surface area contributed by atoms with Crippen molar-refractivity contribution < 1.29 is 0 Å². The van der Waals surface area contributed by atoms with Crippen LogP contribution in [0, 0.1) is 17.8 Å². The van der Waals surface area contributed by atoms with Gasteiger partial charge in [0.2, 0.25) is 0 Å². The van der Waals surface area contributed by atoms with E-state index in [2.05, 4.69) is 31.0 Å². The Morgan fingerprint density at radius 1 is 1.28 bits per heavy atom. The number of piperidine rings is 1. The van der Waals surface area contributed by atoms with E-state index in [4.69, 9.17) is 0 Å². The molecule has 2 nitrogen and oxygen atoms in total. The minimum Gasteiger partial charge on any atom is -0.314 e. The van der Waals surface area contributed by atoms with Crippen molar-refractivity contribution in [1.82, 2.24) is 10.2 Å². The maximum absolute atomic E-state index is 3.83. The second-order valence-electron chi connectivity index (χ2n) is 6.78. The molecule has 1 saturated carbocycles. The van der Waals surface area contributed by atoms with Crippen LogP contribution < -0.4 is 5.32 Å².